The fourth-order valence-corrected chi connectivity index (χ4v) is 1.86. The second-order valence-electron chi connectivity index (χ2n) is 3.96. The summed E-state index contributed by atoms with van der Waals surface area (Å²) >= 11 is 3.80. The Morgan fingerprint density at radius 1 is 1.20 bits per heavy atom. The molecule has 3 nitrogen and oxygen atoms in total. The van der Waals surface area contributed by atoms with Gasteiger partial charge in [0.15, 0.2) is 0 Å². The van der Waals surface area contributed by atoms with Crippen molar-refractivity contribution < 1.29 is 18.7 Å². The summed E-state index contributed by atoms with van der Waals surface area (Å²) in [5.41, 5.74) is 0.293. The Kier molecular flexibility index (Phi) is 4.63. The number of thiol groups is 1. The van der Waals surface area contributed by atoms with E-state index in [0.717, 1.165) is 0 Å². The van der Waals surface area contributed by atoms with Gasteiger partial charge in [0.05, 0.1) is 12.2 Å². The van der Waals surface area contributed by atoms with Crippen molar-refractivity contribution in [2.75, 3.05) is 6.61 Å². The van der Waals surface area contributed by atoms with Gasteiger partial charge < -0.3 is 9.47 Å². The third-order valence-electron chi connectivity index (χ3n) is 2.52. The van der Waals surface area contributed by atoms with E-state index in [1.807, 2.05) is 6.92 Å². The van der Waals surface area contributed by atoms with Gasteiger partial charge in [-0.25, -0.2) is 4.39 Å². The normalized spacial score (nSPS) is 10.2. The van der Waals surface area contributed by atoms with E-state index in [2.05, 4.69) is 12.6 Å². The van der Waals surface area contributed by atoms with E-state index < -0.39 is 10.9 Å². The molecule has 0 aliphatic rings. The molecule has 0 aliphatic heterocycles. The smallest absolute Gasteiger partial charge is 0.220 e. The first-order valence-electron chi connectivity index (χ1n) is 6.03. The maximum absolute atomic E-state index is 13.1. The van der Waals surface area contributed by atoms with Crippen LogP contribution >= 0.6 is 12.6 Å². The van der Waals surface area contributed by atoms with Crippen LogP contribution < -0.4 is 9.47 Å². The highest BCUT2D eigenvalue weighted by Gasteiger charge is 2.12. The van der Waals surface area contributed by atoms with Gasteiger partial charge in [-0.05, 0) is 31.2 Å². The van der Waals surface area contributed by atoms with Gasteiger partial charge in [0.1, 0.15) is 23.1 Å². The van der Waals surface area contributed by atoms with Crippen LogP contribution in [-0.4, -0.2) is 11.7 Å². The Balaban J connectivity index is 2.36. The lowest BCUT2D eigenvalue weighted by atomic mass is 10.2. The van der Waals surface area contributed by atoms with Crippen molar-refractivity contribution in [1.82, 2.24) is 0 Å². The Hall–Kier alpha value is -2.01. The van der Waals surface area contributed by atoms with Crippen LogP contribution in [0.15, 0.2) is 42.5 Å². The van der Waals surface area contributed by atoms with Crippen molar-refractivity contribution in [1.29, 1.82) is 0 Å². The van der Waals surface area contributed by atoms with Crippen molar-refractivity contribution in [3.05, 3.63) is 53.8 Å². The molecule has 0 N–H and O–H groups in total. The highest BCUT2D eigenvalue weighted by molar-refractivity contribution is 7.97. The number of hydrogen-bond donors (Lipinski definition) is 1. The minimum atomic E-state index is -0.431. The van der Waals surface area contributed by atoms with Gasteiger partial charge in [-0.2, -0.15) is 0 Å². The first kappa shape index (κ1) is 14.4. The van der Waals surface area contributed by atoms with Gasteiger partial charge in [-0.1, -0.05) is 6.07 Å². The van der Waals surface area contributed by atoms with Gasteiger partial charge in [0.25, 0.3) is 0 Å². The second-order valence-corrected chi connectivity index (χ2v) is 4.36. The molecule has 0 spiro atoms. The van der Waals surface area contributed by atoms with Crippen LogP contribution in [0, 0.1) is 5.82 Å². The molecule has 0 amide bonds. The highest BCUT2D eigenvalue weighted by atomic mass is 32.1. The molecule has 0 fully saturated rings. The minimum absolute atomic E-state index is 0.279. The van der Waals surface area contributed by atoms with Crippen LogP contribution in [0.1, 0.15) is 17.3 Å². The standard InChI is InChI=1S/C15H13FO3S/c1-2-18-11-6-7-13(15(17)20)14(9-11)19-12-5-3-4-10(16)8-12/h3-9H,2H2,1H3,(H,17,20). The molecule has 0 atom stereocenters. The molecular weight excluding hydrogens is 279 g/mol. The van der Waals surface area contributed by atoms with E-state index in [-0.39, 0.29) is 5.75 Å². The number of hydrogen-bond acceptors (Lipinski definition) is 3. The minimum Gasteiger partial charge on any atom is -0.494 e. The molecule has 0 saturated carbocycles. The van der Waals surface area contributed by atoms with Gasteiger partial charge >= 0.3 is 0 Å². The Bertz CT molecular complexity index is 628. The molecular formula is C15H13FO3S. The zero-order chi connectivity index (χ0) is 14.5. The van der Waals surface area contributed by atoms with E-state index >= 15 is 0 Å². The van der Waals surface area contributed by atoms with E-state index in [1.165, 1.54) is 18.2 Å². The molecule has 0 heterocycles. The third kappa shape index (κ3) is 3.51. The summed E-state index contributed by atoms with van der Waals surface area (Å²) in [4.78, 5) is 11.5. The highest BCUT2D eigenvalue weighted by Crippen LogP contribution is 2.30. The largest absolute Gasteiger partial charge is 0.494 e. The predicted octanol–water partition coefficient (Wildman–Crippen LogP) is 4.09. The molecule has 0 aromatic heterocycles. The predicted molar refractivity (Wildman–Crippen MR) is 77.4 cm³/mol. The SMILES string of the molecule is CCOc1ccc(C(=O)S)c(Oc2cccc(F)c2)c1. The summed E-state index contributed by atoms with van der Waals surface area (Å²) in [5.74, 6) is 0.732. The zero-order valence-corrected chi connectivity index (χ0v) is 11.7. The lowest BCUT2D eigenvalue weighted by Crippen LogP contribution is -1.98. The van der Waals surface area contributed by atoms with Gasteiger partial charge in [-0.3, -0.25) is 4.79 Å². The summed E-state index contributed by atoms with van der Waals surface area (Å²) < 4.78 is 24.0. The van der Waals surface area contributed by atoms with Crippen molar-refractivity contribution in [3.63, 3.8) is 0 Å². The Labute approximate surface area is 121 Å². The number of rotatable bonds is 5. The van der Waals surface area contributed by atoms with Crippen molar-refractivity contribution in [2.24, 2.45) is 0 Å². The summed E-state index contributed by atoms with van der Waals surface area (Å²) in [6, 6.07) is 10.5. The number of ether oxygens (including phenoxy) is 2. The van der Waals surface area contributed by atoms with Crippen LogP contribution in [0.5, 0.6) is 17.2 Å². The molecule has 5 heteroatoms. The van der Waals surface area contributed by atoms with E-state index in [4.69, 9.17) is 9.47 Å². The van der Waals surface area contributed by atoms with Gasteiger partial charge in [-0.15, -0.1) is 12.6 Å². The van der Waals surface area contributed by atoms with Gasteiger partial charge in [0, 0.05) is 12.1 Å². The van der Waals surface area contributed by atoms with Crippen LogP contribution in [0.25, 0.3) is 0 Å². The van der Waals surface area contributed by atoms with Crippen LogP contribution in [0.3, 0.4) is 0 Å². The summed E-state index contributed by atoms with van der Waals surface area (Å²) in [7, 11) is 0. The molecule has 0 radical (unpaired) electrons. The summed E-state index contributed by atoms with van der Waals surface area (Å²) in [5, 5.41) is -0.431. The first-order valence-corrected chi connectivity index (χ1v) is 6.48. The van der Waals surface area contributed by atoms with E-state index in [0.29, 0.717) is 23.7 Å². The molecule has 104 valence electrons. The fraction of sp³-hybridized carbons (Fsp3) is 0.133. The average molecular weight is 292 g/mol. The molecule has 20 heavy (non-hydrogen) atoms. The molecule has 2 aromatic rings. The maximum Gasteiger partial charge on any atom is 0.220 e. The van der Waals surface area contributed by atoms with Crippen LogP contribution in [0.4, 0.5) is 4.39 Å². The second kappa shape index (κ2) is 6.43. The monoisotopic (exact) mass is 292 g/mol. The van der Waals surface area contributed by atoms with Crippen molar-refractivity contribution in [3.8, 4) is 17.2 Å². The van der Waals surface area contributed by atoms with Crippen LogP contribution in [-0.2, 0) is 0 Å². The lowest BCUT2D eigenvalue weighted by Gasteiger charge is -2.11. The summed E-state index contributed by atoms with van der Waals surface area (Å²) in [6.45, 7) is 2.35. The number of halogens is 1. The van der Waals surface area contributed by atoms with E-state index in [1.54, 1.807) is 24.3 Å². The topological polar surface area (TPSA) is 35.5 Å². The number of carbonyl (C=O) groups excluding carboxylic acids is 1. The Morgan fingerprint density at radius 2 is 2.00 bits per heavy atom. The van der Waals surface area contributed by atoms with Gasteiger partial charge in [0.2, 0.25) is 5.12 Å². The first-order chi connectivity index (χ1) is 9.60. The summed E-state index contributed by atoms with van der Waals surface area (Å²) in [6.07, 6.45) is 0. The number of benzene rings is 2. The molecule has 2 aromatic carbocycles. The molecule has 0 saturated heterocycles. The fourth-order valence-electron chi connectivity index (χ4n) is 1.68. The average Bonchev–Trinajstić information content (AvgIpc) is 2.39. The third-order valence-corrected chi connectivity index (χ3v) is 2.76. The quantitative estimate of drug-likeness (QED) is 0.843. The van der Waals surface area contributed by atoms with E-state index in [9.17, 15) is 9.18 Å². The molecule has 0 unspecified atom stereocenters. The van der Waals surface area contributed by atoms with Crippen molar-refractivity contribution >= 4 is 17.7 Å². The number of carbonyl (C=O) groups is 1. The Morgan fingerprint density at radius 3 is 2.65 bits per heavy atom. The molecule has 0 bridgehead atoms. The van der Waals surface area contributed by atoms with Crippen LogP contribution in [0.2, 0.25) is 0 Å². The maximum atomic E-state index is 13.1. The molecule has 2 rings (SSSR count). The van der Waals surface area contributed by atoms with Crippen molar-refractivity contribution in [2.45, 2.75) is 6.92 Å². The lowest BCUT2D eigenvalue weighted by molar-refractivity contribution is 0.108. The molecule has 0 aliphatic carbocycles. The zero-order valence-electron chi connectivity index (χ0n) is 10.8.